The van der Waals surface area contributed by atoms with E-state index in [0.717, 1.165) is 22.0 Å². The standard InChI is InChI=1S/C14H14IN3O2/c15-13-3-7-6-16-11(5-12(7)20-13)14(19)18-10-4-8-1-2-9(10)17-8/h3,5-6,8-10,17H,1-2,4H2,(H,18,19)/t8-,9+,10-/m1/s1. The van der Waals surface area contributed by atoms with E-state index in [2.05, 4.69) is 38.2 Å². The first-order valence-corrected chi connectivity index (χ1v) is 7.89. The number of carbonyl (C=O) groups is 1. The van der Waals surface area contributed by atoms with Gasteiger partial charge in [-0.3, -0.25) is 9.78 Å². The van der Waals surface area contributed by atoms with E-state index in [0.29, 0.717) is 23.4 Å². The quantitative estimate of drug-likeness (QED) is 0.780. The zero-order valence-corrected chi connectivity index (χ0v) is 12.9. The van der Waals surface area contributed by atoms with Crippen molar-refractivity contribution in [2.24, 2.45) is 0 Å². The molecule has 4 heterocycles. The summed E-state index contributed by atoms with van der Waals surface area (Å²) < 4.78 is 6.33. The van der Waals surface area contributed by atoms with Crippen LogP contribution in [0.4, 0.5) is 0 Å². The van der Waals surface area contributed by atoms with Crippen molar-refractivity contribution in [2.45, 2.75) is 37.4 Å². The van der Waals surface area contributed by atoms with Crippen molar-refractivity contribution < 1.29 is 9.21 Å². The fourth-order valence-corrected chi connectivity index (χ4v) is 3.82. The summed E-state index contributed by atoms with van der Waals surface area (Å²) in [4.78, 5) is 16.5. The molecular weight excluding hydrogens is 369 g/mol. The van der Waals surface area contributed by atoms with Crippen LogP contribution in [0.5, 0.6) is 0 Å². The second-order valence-corrected chi connectivity index (χ2v) is 6.58. The SMILES string of the molecule is O=C(N[C@@H]1C[C@H]2CC[C@@H]1N2)c1cc2oc(I)cc2cn1. The van der Waals surface area contributed by atoms with Gasteiger partial charge < -0.3 is 15.1 Å². The topological polar surface area (TPSA) is 67.2 Å². The van der Waals surface area contributed by atoms with E-state index in [1.807, 2.05) is 6.07 Å². The Morgan fingerprint density at radius 1 is 1.45 bits per heavy atom. The predicted octanol–water partition coefficient (Wildman–Crippen LogP) is 2.06. The van der Waals surface area contributed by atoms with Crippen LogP contribution in [-0.2, 0) is 0 Å². The van der Waals surface area contributed by atoms with Gasteiger partial charge in [0.1, 0.15) is 11.3 Å². The number of nitrogens with one attached hydrogen (secondary N) is 2. The third-order valence-corrected chi connectivity index (χ3v) is 4.75. The number of hydrogen-bond acceptors (Lipinski definition) is 4. The van der Waals surface area contributed by atoms with Crippen molar-refractivity contribution in [3.63, 3.8) is 0 Å². The van der Waals surface area contributed by atoms with E-state index < -0.39 is 0 Å². The summed E-state index contributed by atoms with van der Waals surface area (Å²) in [6.45, 7) is 0. The number of furan rings is 1. The summed E-state index contributed by atoms with van der Waals surface area (Å²) in [6.07, 6.45) is 5.09. The van der Waals surface area contributed by atoms with Crippen LogP contribution in [0, 0.1) is 3.77 Å². The van der Waals surface area contributed by atoms with E-state index in [1.54, 1.807) is 12.3 Å². The molecule has 0 unspecified atom stereocenters. The van der Waals surface area contributed by atoms with Crippen LogP contribution in [0.25, 0.3) is 11.0 Å². The minimum Gasteiger partial charge on any atom is -0.450 e. The fraction of sp³-hybridized carbons (Fsp3) is 0.429. The van der Waals surface area contributed by atoms with Gasteiger partial charge in [0.2, 0.25) is 0 Å². The Bertz CT molecular complexity index is 684. The van der Waals surface area contributed by atoms with E-state index in [-0.39, 0.29) is 11.9 Å². The summed E-state index contributed by atoms with van der Waals surface area (Å²) in [5, 5.41) is 7.53. The number of pyridine rings is 1. The average Bonchev–Trinajstić information content (AvgIpc) is 3.10. The Morgan fingerprint density at radius 2 is 2.35 bits per heavy atom. The molecule has 20 heavy (non-hydrogen) atoms. The van der Waals surface area contributed by atoms with Gasteiger partial charge in [0, 0.05) is 35.8 Å². The fourth-order valence-electron chi connectivity index (χ4n) is 3.25. The molecule has 3 atom stereocenters. The Balaban J connectivity index is 1.54. The zero-order valence-electron chi connectivity index (χ0n) is 10.7. The summed E-state index contributed by atoms with van der Waals surface area (Å²) in [5.41, 5.74) is 1.13. The van der Waals surface area contributed by atoms with Gasteiger partial charge in [-0.25, -0.2) is 0 Å². The van der Waals surface area contributed by atoms with Gasteiger partial charge in [0.05, 0.1) is 0 Å². The zero-order chi connectivity index (χ0) is 13.7. The summed E-state index contributed by atoms with van der Waals surface area (Å²) in [7, 11) is 0. The smallest absolute Gasteiger partial charge is 0.270 e. The van der Waals surface area contributed by atoms with Gasteiger partial charge in [-0.2, -0.15) is 0 Å². The summed E-state index contributed by atoms with van der Waals surface area (Å²) >= 11 is 2.11. The van der Waals surface area contributed by atoms with Crippen molar-refractivity contribution in [2.75, 3.05) is 0 Å². The molecule has 0 saturated carbocycles. The molecule has 0 aliphatic carbocycles. The van der Waals surface area contributed by atoms with E-state index in [9.17, 15) is 4.79 Å². The number of aromatic nitrogens is 1. The number of amides is 1. The van der Waals surface area contributed by atoms with Crippen LogP contribution in [0.15, 0.2) is 22.7 Å². The van der Waals surface area contributed by atoms with Crippen molar-refractivity contribution in [1.29, 1.82) is 0 Å². The molecule has 2 aromatic heterocycles. The molecule has 2 aromatic rings. The number of hydrogen-bond donors (Lipinski definition) is 2. The molecule has 4 rings (SSSR count). The normalized spacial score (nSPS) is 28.1. The number of halogens is 1. The third kappa shape index (κ3) is 2.10. The maximum absolute atomic E-state index is 12.3. The monoisotopic (exact) mass is 383 g/mol. The number of carbonyl (C=O) groups excluding carboxylic acids is 1. The molecule has 2 aliphatic heterocycles. The van der Waals surface area contributed by atoms with Gasteiger partial charge in [0.15, 0.2) is 3.77 Å². The van der Waals surface area contributed by atoms with Gasteiger partial charge in [0.25, 0.3) is 5.91 Å². The number of rotatable bonds is 2. The van der Waals surface area contributed by atoms with Crippen LogP contribution in [-0.4, -0.2) is 29.0 Å². The van der Waals surface area contributed by atoms with Crippen molar-refractivity contribution >= 4 is 39.5 Å². The lowest BCUT2D eigenvalue weighted by Gasteiger charge is -2.21. The van der Waals surface area contributed by atoms with Gasteiger partial charge in [-0.15, -0.1) is 0 Å². The molecular formula is C14H14IN3O2. The Kier molecular flexibility index (Phi) is 2.95. The highest BCUT2D eigenvalue weighted by Crippen LogP contribution is 2.28. The second kappa shape index (κ2) is 4.70. The highest BCUT2D eigenvalue weighted by Gasteiger charge is 2.39. The van der Waals surface area contributed by atoms with Gasteiger partial charge in [-0.1, -0.05) is 0 Å². The molecule has 2 N–H and O–H groups in total. The molecule has 6 heteroatoms. The molecule has 5 nitrogen and oxygen atoms in total. The van der Waals surface area contributed by atoms with Crippen LogP contribution >= 0.6 is 22.6 Å². The van der Waals surface area contributed by atoms with Crippen LogP contribution in [0.3, 0.4) is 0 Å². The molecule has 104 valence electrons. The highest BCUT2D eigenvalue weighted by molar-refractivity contribution is 14.1. The number of nitrogens with zero attached hydrogens (tertiary/aromatic N) is 1. The maximum Gasteiger partial charge on any atom is 0.270 e. The highest BCUT2D eigenvalue weighted by atomic mass is 127. The Morgan fingerprint density at radius 3 is 3.10 bits per heavy atom. The summed E-state index contributed by atoms with van der Waals surface area (Å²) in [6, 6.07) is 4.86. The largest absolute Gasteiger partial charge is 0.450 e. The Labute approximate surface area is 129 Å². The second-order valence-electron chi connectivity index (χ2n) is 5.52. The lowest BCUT2D eigenvalue weighted by atomic mass is 9.95. The van der Waals surface area contributed by atoms with Crippen molar-refractivity contribution in [3.05, 3.63) is 27.8 Å². The molecule has 2 saturated heterocycles. The minimum absolute atomic E-state index is 0.113. The van der Waals surface area contributed by atoms with Crippen LogP contribution in [0.1, 0.15) is 29.8 Å². The average molecular weight is 383 g/mol. The molecule has 0 aromatic carbocycles. The maximum atomic E-state index is 12.3. The number of fused-ring (bicyclic) bond motifs is 3. The van der Waals surface area contributed by atoms with Crippen molar-refractivity contribution in [3.8, 4) is 0 Å². The lowest BCUT2D eigenvalue weighted by molar-refractivity contribution is 0.0926. The van der Waals surface area contributed by atoms with Crippen LogP contribution < -0.4 is 10.6 Å². The molecule has 2 aliphatic rings. The van der Waals surface area contributed by atoms with E-state index >= 15 is 0 Å². The van der Waals surface area contributed by atoms with E-state index in [4.69, 9.17) is 4.42 Å². The first-order valence-electron chi connectivity index (χ1n) is 6.81. The van der Waals surface area contributed by atoms with Crippen LogP contribution in [0.2, 0.25) is 0 Å². The molecule has 2 bridgehead atoms. The minimum atomic E-state index is -0.113. The molecule has 1 amide bonds. The lowest BCUT2D eigenvalue weighted by Crippen LogP contribution is -2.43. The first-order chi connectivity index (χ1) is 9.69. The van der Waals surface area contributed by atoms with Gasteiger partial charge in [-0.05, 0) is 47.9 Å². The summed E-state index contributed by atoms with van der Waals surface area (Å²) in [5.74, 6) is -0.113. The molecule has 0 radical (unpaired) electrons. The van der Waals surface area contributed by atoms with Gasteiger partial charge >= 0.3 is 0 Å². The third-order valence-electron chi connectivity index (χ3n) is 4.22. The predicted molar refractivity (Wildman–Crippen MR) is 82.5 cm³/mol. The first kappa shape index (κ1) is 12.6. The molecule has 0 spiro atoms. The Hall–Kier alpha value is -1.15. The van der Waals surface area contributed by atoms with E-state index in [1.165, 1.54) is 6.42 Å². The van der Waals surface area contributed by atoms with Crippen molar-refractivity contribution in [1.82, 2.24) is 15.6 Å². The molecule has 2 fully saturated rings.